The van der Waals surface area contributed by atoms with Crippen molar-refractivity contribution in [1.82, 2.24) is 14.9 Å². The van der Waals surface area contributed by atoms with Gasteiger partial charge in [0.05, 0.1) is 36.3 Å². The first-order valence-corrected chi connectivity index (χ1v) is 16.7. The molecule has 0 aliphatic carbocycles. The molecule has 4 aromatic rings. The van der Waals surface area contributed by atoms with E-state index in [1.54, 1.807) is 13.2 Å². The highest BCUT2D eigenvalue weighted by molar-refractivity contribution is 7.96. The number of fused-ring (bicyclic) bond motifs is 1. The molecule has 0 unspecified atom stereocenters. The molecule has 0 atom stereocenters. The maximum atomic E-state index is 14.9. The monoisotopic (exact) mass is 645 g/mol. The number of aromatic nitrogens is 2. The Morgan fingerprint density at radius 2 is 1.74 bits per heavy atom. The van der Waals surface area contributed by atoms with Crippen LogP contribution in [0.5, 0.6) is 5.75 Å². The molecule has 3 N–H and O–H groups in total. The molecule has 6 nitrogen and oxygen atoms in total. The van der Waals surface area contributed by atoms with Crippen LogP contribution in [0.15, 0.2) is 79.5 Å². The van der Waals surface area contributed by atoms with Crippen LogP contribution in [0.4, 0.5) is 20.3 Å². The van der Waals surface area contributed by atoms with Crippen LogP contribution in [0.1, 0.15) is 62.1 Å². The van der Waals surface area contributed by atoms with Gasteiger partial charge in [0.2, 0.25) is 0 Å². The van der Waals surface area contributed by atoms with Crippen LogP contribution >= 0.6 is 11.9 Å². The predicted octanol–water partition coefficient (Wildman–Crippen LogP) is 9.48. The minimum atomic E-state index is -0.665. The van der Waals surface area contributed by atoms with Gasteiger partial charge in [-0.15, -0.1) is 0 Å². The molecule has 244 valence electrons. The Labute approximate surface area is 276 Å². The first-order chi connectivity index (χ1) is 22.2. The summed E-state index contributed by atoms with van der Waals surface area (Å²) in [6.45, 7) is 17.7. The highest BCUT2D eigenvalue weighted by Crippen LogP contribution is 2.41. The van der Waals surface area contributed by atoms with Crippen LogP contribution in [0.3, 0.4) is 0 Å². The summed E-state index contributed by atoms with van der Waals surface area (Å²) in [5.74, 6) is 0.0957. The topological polar surface area (TPSA) is 76.3 Å². The smallest absolute Gasteiger partial charge is 0.135 e. The summed E-state index contributed by atoms with van der Waals surface area (Å²) >= 11 is 1.25. The van der Waals surface area contributed by atoms with E-state index in [1.807, 2.05) is 44.5 Å². The van der Waals surface area contributed by atoms with Crippen LogP contribution in [-0.4, -0.2) is 28.2 Å². The number of nitrogens with two attached hydrogens (primary N) is 1. The molecular weight excluding hydrogens is 601 g/mol. The zero-order chi connectivity index (χ0) is 33.8. The fourth-order valence-electron chi connectivity index (χ4n) is 5.16. The lowest BCUT2D eigenvalue weighted by Gasteiger charge is -2.22. The maximum absolute atomic E-state index is 14.9. The fraction of sp³-hybridized carbons (Fsp3) is 0.297. The number of nitrogens with one attached hydrogen (secondary N) is 1. The van der Waals surface area contributed by atoms with E-state index in [2.05, 4.69) is 54.3 Å². The van der Waals surface area contributed by atoms with Gasteiger partial charge in [-0.2, -0.15) is 0 Å². The third-order valence-electron chi connectivity index (χ3n) is 7.52. The van der Waals surface area contributed by atoms with Crippen LogP contribution in [-0.2, 0) is 25.9 Å². The first-order valence-electron chi connectivity index (χ1n) is 15.4. The second-order valence-corrected chi connectivity index (χ2v) is 10.9. The lowest BCUT2D eigenvalue weighted by Crippen LogP contribution is -2.16. The number of hydrogen-bond donors (Lipinski definition) is 2. The second kappa shape index (κ2) is 17.5. The van der Waals surface area contributed by atoms with E-state index in [0.717, 1.165) is 53.0 Å². The molecule has 1 aliphatic rings. The van der Waals surface area contributed by atoms with Crippen molar-refractivity contribution in [2.24, 2.45) is 5.14 Å². The van der Waals surface area contributed by atoms with Crippen molar-refractivity contribution in [2.75, 3.05) is 18.7 Å². The van der Waals surface area contributed by atoms with Crippen LogP contribution in [0.25, 0.3) is 17.0 Å². The molecule has 0 fully saturated rings. The van der Waals surface area contributed by atoms with Gasteiger partial charge in [0.25, 0.3) is 0 Å². The normalized spacial score (nSPS) is 11.6. The van der Waals surface area contributed by atoms with Crippen molar-refractivity contribution in [3.05, 3.63) is 119 Å². The number of ether oxygens (including phenoxy) is 1. The second-order valence-electron chi connectivity index (χ2n) is 10.5. The number of pyridine rings is 2. The minimum absolute atomic E-state index is 0.160. The number of aryl methyl sites for hydroxylation is 1. The molecule has 9 heteroatoms. The average molecular weight is 646 g/mol. The highest BCUT2D eigenvalue weighted by Gasteiger charge is 2.29. The third-order valence-corrected chi connectivity index (χ3v) is 7.52. The number of methoxy groups -OCH3 is 1. The van der Waals surface area contributed by atoms with Crippen molar-refractivity contribution < 1.29 is 13.5 Å². The van der Waals surface area contributed by atoms with E-state index < -0.39 is 11.6 Å². The number of rotatable bonds is 10. The molecule has 46 heavy (non-hydrogen) atoms. The zero-order valence-corrected chi connectivity index (χ0v) is 28.5. The van der Waals surface area contributed by atoms with E-state index in [4.69, 9.17) is 14.9 Å². The number of anilines is 2. The first kappa shape index (κ1) is 36.3. The molecule has 0 spiro atoms. The van der Waals surface area contributed by atoms with Crippen molar-refractivity contribution in [3.8, 4) is 17.0 Å². The third kappa shape index (κ3) is 8.73. The number of benzene rings is 2. The fourth-order valence-corrected chi connectivity index (χ4v) is 5.16. The molecule has 2 aromatic heterocycles. The van der Waals surface area contributed by atoms with Crippen LogP contribution < -0.4 is 15.2 Å². The maximum Gasteiger partial charge on any atom is 0.135 e. The standard InChI is InChI=1S/C34H34F2N4O.C2H6.CH5NS/c1-6-21(3)15-23-11-14-32(37-18-23)39-29-17-30(34-27(35)9-8-10-28(34)36)38-31-20-40(22(4)33(29)31)19-25-12-13-26(41-5)16-24(25)7-2;1-2;1-3-2/h8-14,16-18H,3-4,6-7,15,19-20H2,1-2,5H3,(H,37,38,39);1-2H3;2H2,1H3. The number of halogens is 2. The molecule has 0 saturated carbocycles. The lowest BCUT2D eigenvalue weighted by atomic mass is 10.0. The Morgan fingerprint density at radius 1 is 1.04 bits per heavy atom. The Balaban J connectivity index is 0.00000109. The van der Waals surface area contributed by atoms with Crippen LogP contribution in [0.2, 0.25) is 0 Å². The largest absolute Gasteiger partial charge is 0.497 e. The van der Waals surface area contributed by atoms with Gasteiger partial charge in [0.15, 0.2) is 0 Å². The van der Waals surface area contributed by atoms with E-state index in [9.17, 15) is 8.78 Å². The molecule has 0 saturated heterocycles. The average Bonchev–Trinajstić information content (AvgIpc) is 3.37. The molecule has 0 bridgehead atoms. The molecule has 2 aromatic carbocycles. The van der Waals surface area contributed by atoms with Gasteiger partial charge < -0.3 is 15.0 Å². The number of allylic oxidation sites excluding steroid dienone is 1. The number of hydrogen-bond acceptors (Lipinski definition) is 7. The van der Waals surface area contributed by atoms with E-state index in [0.29, 0.717) is 30.3 Å². The SMILES string of the molecule is C=C(CC)Cc1ccc(Nc2cc(-c3c(F)cccc3F)nc3c2C(=C)N(Cc2ccc(OC)cc2CC)C3)nc1.CC.CSN. The number of nitrogens with zero attached hydrogens (tertiary/aromatic N) is 3. The summed E-state index contributed by atoms with van der Waals surface area (Å²) < 4.78 is 35.1. The Hall–Kier alpha value is -4.21. The van der Waals surface area contributed by atoms with E-state index in [1.165, 1.54) is 35.7 Å². The van der Waals surface area contributed by atoms with Crippen molar-refractivity contribution >= 4 is 29.2 Å². The quantitative estimate of drug-likeness (QED) is 0.131. The summed E-state index contributed by atoms with van der Waals surface area (Å²) in [6, 6.07) is 15.5. The summed E-state index contributed by atoms with van der Waals surface area (Å²) in [6.07, 6.45) is 6.17. The summed E-state index contributed by atoms with van der Waals surface area (Å²) in [5, 5.41) is 8.14. The van der Waals surface area contributed by atoms with E-state index in [-0.39, 0.29) is 11.3 Å². The minimum Gasteiger partial charge on any atom is -0.497 e. The van der Waals surface area contributed by atoms with Gasteiger partial charge in [0.1, 0.15) is 23.2 Å². The molecule has 0 radical (unpaired) electrons. The molecule has 0 amide bonds. The highest BCUT2D eigenvalue weighted by atomic mass is 32.2. The molecule has 1 aliphatic heterocycles. The summed E-state index contributed by atoms with van der Waals surface area (Å²) in [5.41, 5.74) is 7.52. The molecule has 3 heterocycles. The molecule has 5 rings (SSSR count). The Bertz CT molecular complexity index is 1620. The summed E-state index contributed by atoms with van der Waals surface area (Å²) in [7, 11) is 1.66. The van der Waals surface area contributed by atoms with E-state index >= 15 is 0 Å². The van der Waals surface area contributed by atoms with Gasteiger partial charge in [-0.1, -0.05) is 76.6 Å². The van der Waals surface area contributed by atoms with Gasteiger partial charge in [-0.25, -0.2) is 18.7 Å². The predicted molar refractivity (Wildman–Crippen MR) is 190 cm³/mol. The van der Waals surface area contributed by atoms with Crippen LogP contribution in [0, 0.1) is 11.6 Å². The Morgan fingerprint density at radius 3 is 2.33 bits per heavy atom. The lowest BCUT2D eigenvalue weighted by molar-refractivity contribution is 0.396. The van der Waals surface area contributed by atoms with Gasteiger partial charge in [0, 0.05) is 24.0 Å². The van der Waals surface area contributed by atoms with Crippen molar-refractivity contribution in [3.63, 3.8) is 0 Å². The van der Waals surface area contributed by atoms with Gasteiger partial charge >= 0.3 is 0 Å². The zero-order valence-electron chi connectivity index (χ0n) is 27.7. The molecular formula is C37H45F2N5OS. The van der Waals surface area contributed by atoms with Gasteiger partial charge in [-0.3, -0.25) is 5.14 Å². The Kier molecular flexibility index (Phi) is 13.8. The van der Waals surface area contributed by atoms with Crippen molar-refractivity contribution in [1.29, 1.82) is 0 Å². The van der Waals surface area contributed by atoms with Crippen molar-refractivity contribution in [2.45, 2.75) is 60.0 Å². The van der Waals surface area contributed by atoms with Gasteiger partial charge in [-0.05, 0) is 78.6 Å². The summed E-state index contributed by atoms with van der Waals surface area (Å²) in [4.78, 5) is 11.5.